The van der Waals surface area contributed by atoms with Gasteiger partial charge in [0.25, 0.3) is 5.91 Å². The molecule has 2 rings (SSSR count). The molecule has 1 aliphatic rings. The van der Waals surface area contributed by atoms with Gasteiger partial charge in [0, 0.05) is 23.5 Å². The van der Waals surface area contributed by atoms with Crippen LogP contribution in [0, 0.1) is 6.92 Å². The van der Waals surface area contributed by atoms with Crippen LogP contribution in [0.5, 0.6) is 5.75 Å². The van der Waals surface area contributed by atoms with Crippen molar-refractivity contribution in [3.05, 3.63) is 47.4 Å². The fourth-order valence-electron chi connectivity index (χ4n) is 2.61. The van der Waals surface area contributed by atoms with Crippen LogP contribution in [0.1, 0.15) is 38.8 Å². The normalized spacial score (nSPS) is 16.9. The minimum atomic E-state index is -0.106. The number of carbonyl (C=O) groups excluding carboxylic acids is 1. The van der Waals surface area contributed by atoms with Crippen LogP contribution in [-0.4, -0.2) is 13.0 Å². The van der Waals surface area contributed by atoms with Gasteiger partial charge in [-0.2, -0.15) is 0 Å². The number of benzene rings is 1. The lowest BCUT2D eigenvalue weighted by Gasteiger charge is -2.30. The molecule has 0 spiro atoms. The summed E-state index contributed by atoms with van der Waals surface area (Å²) in [6.07, 6.45) is 5.21. The molecule has 0 atom stereocenters. The van der Waals surface area contributed by atoms with Gasteiger partial charge < -0.3 is 15.0 Å². The summed E-state index contributed by atoms with van der Waals surface area (Å²) in [6, 6.07) is 4.19. The molecule has 0 unspecified atom stereocenters. The molecule has 4 nitrogen and oxygen atoms in total. The number of ether oxygens (including phenoxy) is 1. The summed E-state index contributed by atoms with van der Waals surface area (Å²) >= 11 is 0. The van der Waals surface area contributed by atoms with E-state index in [-0.39, 0.29) is 11.3 Å². The Balaban J connectivity index is 2.60. The molecular weight excluding hydrogens is 276 g/mol. The number of anilines is 1. The monoisotopic (exact) mass is 300 g/mol. The van der Waals surface area contributed by atoms with E-state index in [1.807, 2.05) is 24.8 Å². The third-order valence-electron chi connectivity index (χ3n) is 3.71. The van der Waals surface area contributed by atoms with E-state index in [4.69, 9.17) is 4.74 Å². The van der Waals surface area contributed by atoms with Gasteiger partial charge in [-0.25, -0.2) is 0 Å². The lowest BCUT2D eigenvalue weighted by atomic mass is 9.84. The lowest BCUT2D eigenvalue weighted by Crippen LogP contribution is -2.35. The van der Waals surface area contributed by atoms with Crippen LogP contribution in [0.3, 0.4) is 0 Å². The van der Waals surface area contributed by atoms with Crippen LogP contribution in [0.15, 0.2) is 36.3 Å². The number of rotatable bonds is 2. The first-order valence-corrected chi connectivity index (χ1v) is 7.41. The number of allylic oxidation sites excluding steroid dienone is 1. The molecule has 0 aliphatic carbocycles. The Morgan fingerprint density at radius 3 is 2.50 bits per heavy atom. The number of hydrogen-bond donors (Lipinski definition) is 1. The molecule has 0 saturated carbocycles. The summed E-state index contributed by atoms with van der Waals surface area (Å²) in [7, 11) is 1.70. The van der Waals surface area contributed by atoms with E-state index in [0.717, 1.165) is 28.4 Å². The van der Waals surface area contributed by atoms with E-state index < -0.39 is 0 Å². The summed E-state index contributed by atoms with van der Waals surface area (Å²) in [4.78, 5) is 13.5. The number of hydrogen-bond acceptors (Lipinski definition) is 3. The summed E-state index contributed by atoms with van der Waals surface area (Å²) in [5.41, 5.74) is 3.19. The summed E-state index contributed by atoms with van der Waals surface area (Å²) < 4.78 is 5.59. The van der Waals surface area contributed by atoms with Crippen molar-refractivity contribution in [1.82, 2.24) is 5.32 Å². The van der Waals surface area contributed by atoms with Crippen molar-refractivity contribution in [2.24, 2.45) is 0 Å². The fourth-order valence-corrected chi connectivity index (χ4v) is 2.61. The molecule has 1 aliphatic heterocycles. The Morgan fingerprint density at radius 2 is 1.95 bits per heavy atom. The summed E-state index contributed by atoms with van der Waals surface area (Å²) in [5.74, 6) is 1.57. The van der Waals surface area contributed by atoms with Crippen molar-refractivity contribution in [2.45, 2.75) is 40.0 Å². The number of carbonyl (C=O) groups is 1. The highest BCUT2D eigenvalue weighted by atomic mass is 16.5. The highest BCUT2D eigenvalue weighted by Gasteiger charge is 2.24. The van der Waals surface area contributed by atoms with Crippen LogP contribution in [0.2, 0.25) is 0 Å². The first kappa shape index (κ1) is 16.1. The maximum absolute atomic E-state index is 11.5. The molecule has 22 heavy (non-hydrogen) atoms. The zero-order valence-electron chi connectivity index (χ0n) is 14.2. The van der Waals surface area contributed by atoms with Crippen molar-refractivity contribution >= 4 is 11.6 Å². The molecule has 4 heteroatoms. The van der Waals surface area contributed by atoms with Crippen LogP contribution < -0.4 is 15.0 Å². The number of amides is 1. The maximum Gasteiger partial charge on any atom is 0.250 e. The topological polar surface area (TPSA) is 41.6 Å². The zero-order chi connectivity index (χ0) is 16.5. The average Bonchev–Trinajstić information content (AvgIpc) is 2.45. The number of aryl methyl sites for hydroxylation is 1. The smallest absolute Gasteiger partial charge is 0.250 e. The SMILES string of the molecule is CC=C1NC(=O)C=CN1c1cc(C)c(OC)c(C(C)(C)C)c1. The van der Waals surface area contributed by atoms with Gasteiger partial charge in [-0.15, -0.1) is 0 Å². The summed E-state index contributed by atoms with van der Waals surface area (Å²) in [5, 5.41) is 2.85. The van der Waals surface area contributed by atoms with Crippen LogP contribution in [0.25, 0.3) is 0 Å². The van der Waals surface area contributed by atoms with Crippen LogP contribution in [-0.2, 0) is 10.2 Å². The van der Waals surface area contributed by atoms with Gasteiger partial charge in [-0.1, -0.05) is 20.8 Å². The van der Waals surface area contributed by atoms with Gasteiger partial charge in [0.2, 0.25) is 0 Å². The highest BCUT2D eigenvalue weighted by Crippen LogP contribution is 2.38. The van der Waals surface area contributed by atoms with Crippen molar-refractivity contribution < 1.29 is 9.53 Å². The Kier molecular flexibility index (Phi) is 4.31. The summed E-state index contributed by atoms with van der Waals surface area (Å²) in [6.45, 7) is 10.4. The average molecular weight is 300 g/mol. The zero-order valence-corrected chi connectivity index (χ0v) is 14.2. The quantitative estimate of drug-likeness (QED) is 0.907. The van der Waals surface area contributed by atoms with Crippen LogP contribution >= 0.6 is 0 Å². The lowest BCUT2D eigenvalue weighted by molar-refractivity contribution is -0.116. The van der Waals surface area contributed by atoms with Crippen LogP contribution in [0.4, 0.5) is 5.69 Å². The Bertz CT molecular complexity index is 652. The molecule has 118 valence electrons. The van der Waals surface area contributed by atoms with E-state index in [9.17, 15) is 4.79 Å². The van der Waals surface area contributed by atoms with Gasteiger partial charge in [0.1, 0.15) is 11.6 Å². The van der Waals surface area contributed by atoms with Gasteiger partial charge in [0.05, 0.1) is 7.11 Å². The van der Waals surface area contributed by atoms with Gasteiger partial charge in [-0.05, 0) is 43.0 Å². The van der Waals surface area contributed by atoms with Crippen molar-refractivity contribution in [3.8, 4) is 5.75 Å². The standard InChI is InChI=1S/C18H24N2O2/c1-7-15-19-16(21)8-9-20(15)13-10-12(2)17(22-6)14(11-13)18(3,4)5/h7-11H,1-6H3,(H,19,21). The molecule has 0 aromatic heterocycles. The molecule has 0 saturated heterocycles. The molecule has 1 N–H and O–H groups in total. The Labute approximate surface area is 132 Å². The minimum absolute atomic E-state index is 0.0368. The second-order valence-electron chi connectivity index (χ2n) is 6.44. The third-order valence-corrected chi connectivity index (χ3v) is 3.71. The van der Waals surface area contributed by atoms with Gasteiger partial charge >= 0.3 is 0 Å². The molecular formula is C18H24N2O2. The van der Waals surface area contributed by atoms with Gasteiger partial charge in [-0.3, -0.25) is 4.79 Å². The van der Waals surface area contributed by atoms with E-state index >= 15 is 0 Å². The third kappa shape index (κ3) is 3.01. The minimum Gasteiger partial charge on any atom is -0.496 e. The first-order chi connectivity index (χ1) is 10.3. The molecule has 1 heterocycles. The second kappa shape index (κ2) is 5.87. The van der Waals surface area contributed by atoms with E-state index in [2.05, 4.69) is 38.2 Å². The molecule has 0 bridgehead atoms. The molecule has 1 aromatic rings. The molecule has 1 aromatic carbocycles. The molecule has 0 fully saturated rings. The van der Waals surface area contributed by atoms with E-state index in [1.54, 1.807) is 13.3 Å². The highest BCUT2D eigenvalue weighted by molar-refractivity contribution is 5.92. The van der Waals surface area contributed by atoms with E-state index in [0.29, 0.717) is 0 Å². The predicted molar refractivity (Wildman–Crippen MR) is 89.9 cm³/mol. The number of nitrogens with zero attached hydrogens (tertiary/aromatic N) is 1. The number of nitrogens with one attached hydrogen (secondary N) is 1. The Morgan fingerprint density at radius 1 is 1.27 bits per heavy atom. The first-order valence-electron chi connectivity index (χ1n) is 7.41. The second-order valence-corrected chi connectivity index (χ2v) is 6.44. The largest absolute Gasteiger partial charge is 0.496 e. The molecule has 1 amide bonds. The Hall–Kier alpha value is -2.23. The number of methoxy groups -OCH3 is 1. The predicted octanol–water partition coefficient (Wildman–Crippen LogP) is 3.61. The molecule has 0 radical (unpaired) electrons. The van der Waals surface area contributed by atoms with E-state index in [1.165, 1.54) is 6.08 Å². The van der Waals surface area contributed by atoms with Crippen molar-refractivity contribution in [1.29, 1.82) is 0 Å². The fraction of sp³-hybridized carbons (Fsp3) is 0.389. The maximum atomic E-state index is 11.5. The van der Waals surface area contributed by atoms with Gasteiger partial charge in [0.15, 0.2) is 0 Å². The van der Waals surface area contributed by atoms with Crippen molar-refractivity contribution in [2.75, 3.05) is 12.0 Å². The van der Waals surface area contributed by atoms with Crippen molar-refractivity contribution in [3.63, 3.8) is 0 Å².